The van der Waals surface area contributed by atoms with E-state index in [1.807, 2.05) is 0 Å². The van der Waals surface area contributed by atoms with Crippen molar-refractivity contribution in [3.63, 3.8) is 0 Å². The maximum absolute atomic E-state index is 3.54. The summed E-state index contributed by atoms with van der Waals surface area (Å²) in [5, 5.41) is 3.54. The van der Waals surface area contributed by atoms with Crippen molar-refractivity contribution in [3.8, 4) is 0 Å². The molecule has 0 spiro atoms. The van der Waals surface area contributed by atoms with Crippen LogP contribution in [0.5, 0.6) is 0 Å². The average Bonchev–Trinajstić information content (AvgIpc) is 2.01. The summed E-state index contributed by atoms with van der Waals surface area (Å²) in [5.74, 6) is 0. The predicted molar refractivity (Wildman–Crippen MR) is 69.4 cm³/mol. The first-order valence-corrected chi connectivity index (χ1v) is 6.28. The van der Waals surface area contributed by atoms with Crippen LogP contribution in [0, 0.1) is 0 Å². The lowest BCUT2D eigenvalue weighted by atomic mass is 10.1. The van der Waals surface area contributed by atoms with E-state index in [0.717, 1.165) is 13.1 Å². The van der Waals surface area contributed by atoms with Crippen molar-refractivity contribution in [2.75, 3.05) is 13.1 Å². The van der Waals surface area contributed by atoms with E-state index >= 15 is 0 Å². The number of hydrogen-bond donors (Lipinski definition) is 1. The molecule has 0 aromatic rings. The molecule has 2 nitrogen and oxygen atoms in total. The Morgan fingerprint density at radius 3 is 2.00 bits per heavy atom. The number of hydrogen-bond acceptors (Lipinski definition) is 2. The smallest absolute Gasteiger partial charge is 0.00965 e. The van der Waals surface area contributed by atoms with Crippen LogP contribution in [-0.2, 0) is 0 Å². The molecule has 2 heteroatoms. The minimum Gasteiger partial charge on any atom is -0.312 e. The summed E-state index contributed by atoms with van der Waals surface area (Å²) in [4.78, 5) is 2.55. The van der Waals surface area contributed by atoms with E-state index in [1.165, 1.54) is 6.42 Å². The van der Waals surface area contributed by atoms with E-state index < -0.39 is 0 Å². The summed E-state index contributed by atoms with van der Waals surface area (Å²) in [6.45, 7) is 18.0. The zero-order valence-corrected chi connectivity index (χ0v) is 11.7. The van der Waals surface area contributed by atoms with Crippen LogP contribution in [0.2, 0.25) is 0 Å². The van der Waals surface area contributed by atoms with Gasteiger partial charge < -0.3 is 5.32 Å². The zero-order chi connectivity index (χ0) is 12.1. The lowest BCUT2D eigenvalue weighted by Crippen LogP contribution is -2.42. The van der Waals surface area contributed by atoms with E-state index in [9.17, 15) is 0 Å². The van der Waals surface area contributed by atoms with Gasteiger partial charge in [0.05, 0.1) is 0 Å². The first kappa shape index (κ1) is 14.9. The first-order chi connectivity index (χ1) is 6.78. The minimum atomic E-state index is 0.245. The van der Waals surface area contributed by atoms with Gasteiger partial charge in [-0.15, -0.1) is 0 Å². The highest BCUT2D eigenvalue weighted by molar-refractivity contribution is 4.74. The number of nitrogens with one attached hydrogen (secondary N) is 1. The molecule has 1 atom stereocenters. The maximum atomic E-state index is 3.54. The maximum Gasteiger partial charge on any atom is 0.00965 e. The van der Waals surface area contributed by atoms with Crippen LogP contribution >= 0.6 is 0 Å². The molecule has 0 heterocycles. The Bertz CT molecular complexity index is 158. The Morgan fingerprint density at radius 2 is 1.67 bits per heavy atom. The minimum absolute atomic E-state index is 0.245. The summed E-state index contributed by atoms with van der Waals surface area (Å²) >= 11 is 0. The second kappa shape index (κ2) is 6.49. The predicted octanol–water partition coefficient (Wildman–Crippen LogP) is 2.88. The van der Waals surface area contributed by atoms with Crippen LogP contribution in [0.3, 0.4) is 0 Å². The largest absolute Gasteiger partial charge is 0.312 e. The standard InChI is InChI=1S/C13H30N2/c1-8-15(11(2)3)12(4)9-10-14-13(5,6)7/h11-12,14H,8-10H2,1-7H3. The van der Waals surface area contributed by atoms with Gasteiger partial charge in [0.15, 0.2) is 0 Å². The second-order valence-electron chi connectivity index (χ2n) is 5.74. The van der Waals surface area contributed by atoms with Crippen molar-refractivity contribution in [1.82, 2.24) is 10.2 Å². The molecule has 0 rings (SSSR count). The summed E-state index contributed by atoms with van der Waals surface area (Å²) in [6.07, 6.45) is 1.23. The third-order valence-electron chi connectivity index (χ3n) is 2.81. The van der Waals surface area contributed by atoms with Gasteiger partial charge in [-0.25, -0.2) is 0 Å². The number of rotatable bonds is 6. The average molecular weight is 214 g/mol. The molecule has 0 fully saturated rings. The van der Waals surface area contributed by atoms with Gasteiger partial charge in [0, 0.05) is 17.6 Å². The van der Waals surface area contributed by atoms with Gasteiger partial charge in [-0.2, -0.15) is 0 Å². The molecular weight excluding hydrogens is 184 g/mol. The van der Waals surface area contributed by atoms with Gasteiger partial charge in [-0.3, -0.25) is 4.90 Å². The van der Waals surface area contributed by atoms with E-state index in [0.29, 0.717) is 12.1 Å². The quantitative estimate of drug-likeness (QED) is 0.731. The normalized spacial score (nSPS) is 15.0. The molecule has 0 aliphatic rings. The summed E-state index contributed by atoms with van der Waals surface area (Å²) in [6, 6.07) is 1.32. The molecule has 0 saturated carbocycles. The molecule has 0 saturated heterocycles. The van der Waals surface area contributed by atoms with E-state index in [4.69, 9.17) is 0 Å². The fraction of sp³-hybridized carbons (Fsp3) is 1.00. The van der Waals surface area contributed by atoms with E-state index in [2.05, 4.69) is 58.7 Å². The number of nitrogens with zero attached hydrogens (tertiary/aromatic N) is 1. The highest BCUT2D eigenvalue weighted by atomic mass is 15.2. The highest BCUT2D eigenvalue weighted by Crippen LogP contribution is 2.08. The molecular formula is C13H30N2. The van der Waals surface area contributed by atoms with Gasteiger partial charge in [-0.05, 0) is 61.1 Å². The third-order valence-corrected chi connectivity index (χ3v) is 2.81. The molecule has 0 amide bonds. The van der Waals surface area contributed by atoms with E-state index in [1.54, 1.807) is 0 Å². The van der Waals surface area contributed by atoms with Crippen molar-refractivity contribution in [3.05, 3.63) is 0 Å². The van der Waals surface area contributed by atoms with Gasteiger partial charge in [0.2, 0.25) is 0 Å². The van der Waals surface area contributed by atoms with Crippen molar-refractivity contribution in [1.29, 1.82) is 0 Å². The Balaban J connectivity index is 3.86. The molecule has 92 valence electrons. The summed E-state index contributed by atoms with van der Waals surface area (Å²) in [5.41, 5.74) is 0.245. The monoisotopic (exact) mass is 214 g/mol. The molecule has 1 unspecified atom stereocenters. The zero-order valence-electron chi connectivity index (χ0n) is 11.7. The SMILES string of the molecule is CCN(C(C)C)C(C)CCNC(C)(C)C. The van der Waals surface area contributed by atoms with Gasteiger partial charge in [0.25, 0.3) is 0 Å². The Kier molecular flexibility index (Phi) is 6.46. The topological polar surface area (TPSA) is 15.3 Å². The Hall–Kier alpha value is -0.0800. The Labute approximate surface area is 96.4 Å². The summed E-state index contributed by atoms with van der Waals surface area (Å²) in [7, 11) is 0. The van der Waals surface area contributed by atoms with Crippen molar-refractivity contribution in [2.45, 2.75) is 72.5 Å². The van der Waals surface area contributed by atoms with Crippen molar-refractivity contribution < 1.29 is 0 Å². The van der Waals surface area contributed by atoms with Gasteiger partial charge in [0.1, 0.15) is 0 Å². The lowest BCUT2D eigenvalue weighted by Gasteiger charge is -2.32. The van der Waals surface area contributed by atoms with Crippen LogP contribution in [0.15, 0.2) is 0 Å². The van der Waals surface area contributed by atoms with Crippen LogP contribution in [0.4, 0.5) is 0 Å². The third kappa shape index (κ3) is 6.91. The first-order valence-electron chi connectivity index (χ1n) is 6.28. The molecule has 0 aromatic heterocycles. The molecule has 15 heavy (non-hydrogen) atoms. The van der Waals surface area contributed by atoms with Crippen LogP contribution in [0.25, 0.3) is 0 Å². The van der Waals surface area contributed by atoms with Gasteiger partial charge in [-0.1, -0.05) is 6.92 Å². The fourth-order valence-electron chi connectivity index (χ4n) is 2.01. The van der Waals surface area contributed by atoms with E-state index in [-0.39, 0.29) is 5.54 Å². The van der Waals surface area contributed by atoms with Crippen molar-refractivity contribution in [2.24, 2.45) is 0 Å². The summed E-state index contributed by atoms with van der Waals surface area (Å²) < 4.78 is 0. The van der Waals surface area contributed by atoms with Gasteiger partial charge >= 0.3 is 0 Å². The second-order valence-corrected chi connectivity index (χ2v) is 5.74. The lowest BCUT2D eigenvalue weighted by molar-refractivity contribution is 0.163. The van der Waals surface area contributed by atoms with Crippen molar-refractivity contribution >= 4 is 0 Å². The highest BCUT2D eigenvalue weighted by Gasteiger charge is 2.15. The molecule has 0 aromatic carbocycles. The van der Waals surface area contributed by atoms with Crippen LogP contribution in [0.1, 0.15) is 54.9 Å². The van der Waals surface area contributed by atoms with Crippen LogP contribution in [-0.4, -0.2) is 35.6 Å². The molecule has 0 aliphatic carbocycles. The molecule has 0 aliphatic heterocycles. The molecule has 0 bridgehead atoms. The molecule has 0 radical (unpaired) electrons. The fourth-order valence-corrected chi connectivity index (χ4v) is 2.01. The molecule has 1 N–H and O–H groups in total. The Morgan fingerprint density at radius 1 is 1.13 bits per heavy atom. The van der Waals surface area contributed by atoms with Crippen LogP contribution < -0.4 is 5.32 Å².